The Morgan fingerprint density at radius 1 is 1.03 bits per heavy atom. The van der Waals surface area contributed by atoms with Crippen molar-refractivity contribution in [3.8, 4) is 5.75 Å². The number of methoxy groups -OCH3 is 1. The molecular formula is C21H19BrN2O5. The minimum atomic E-state index is -0.477. The second kappa shape index (κ2) is 9.29. The zero-order valence-electron chi connectivity index (χ0n) is 15.8. The van der Waals surface area contributed by atoms with Crippen LogP contribution >= 0.6 is 15.9 Å². The van der Waals surface area contributed by atoms with E-state index in [1.807, 2.05) is 24.3 Å². The van der Waals surface area contributed by atoms with E-state index in [0.29, 0.717) is 22.9 Å². The Morgan fingerprint density at radius 2 is 1.72 bits per heavy atom. The van der Waals surface area contributed by atoms with Gasteiger partial charge in [-0.05, 0) is 60.7 Å². The third kappa shape index (κ3) is 5.39. The van der Waals surface area contributed by atoms with E-state index in [0.717, 1.165) is 4.47 Å². The van der Waals surface area contributed by atoms with Gasteiger partial charge in [0, 0.05) is 22.9 Å². The summed E-state index contributed by atoms with van der Waals surface area (Å²) in [6, 6.07) is 17.5. The van der Waals surface area contributed by atoms with Crippen LogP contribution < -0.4 is 15.0 Å². The lowest BCUT2D eigenvalue weighted by Crippen LogP contribution is -2.25. The molecule has 1 heterocycles. The van der Waals surface area contributed by atoms with Crippen LogP contribution in [0.1, 0.15) is 16.3 Å². The molecule has 7 nitrogen and oxygen atoms in total. The van der Waals surface area contributed by atoms with E-state index < -0.39 is 6.09 Å². The molecule has 0 atom stereocenters. The summed E-state index contributed by atoms with van der Waals surface area (Å²) in [6.45, 7) is 0.212. The molecule has 0 aliphatic carbocycles. The number of halogens is 1. The highest BCUT2D eigenvalue weighted by Crippen LogP contribution is 2.20. The summed E-state index contributed by atoms with van der Waals surface area (Å²) < 4.78 is 16.8. The first kappa shape index (κ1) is 20.5. The number of rotatable bonds is 6. The second-order valence-electron chi connectivity index (χ2n) is 6.04. The fourth-order valence-electron chi connectivity index (χ4n) is 2.47. The zero-order chi connectivity index (χ0) is 20.8. The molecule has 0 saturated heterocycles. The third-order valence-corrected chi connectivity index (χ3v) is 4.57. The Morgan fingerprint density at radius 3 is 2.38 bits per heavy atom. The van der Waals surface area contributed by atoms with E-state index in [4.69, 9.17) is 9.15 Å². The summed E-state index contributed by atoms with van der Waals surface area (Å²) in [5.74, 6) is 1.03. The summed E-state index contributed by atoms with van der Waals surface area (Å²) in [6.07, 6.45) is -0.477. The van der Waals surface area contributed by atoms with Crippen LogP contribution in [0.4, 0.5) is 16.2 Å². The maximum absolute atomic E-state index is 12.4. The Hall–Kier alpha value is -3.26. The van der Waals surface area contributed by atoms with Gasteiger partial charge in [0.15, 0.2) is 5.76 Å². The van der Waals surface area contributed by atoms with Crippen molar-refractivity contribution >= 4 is 39.3 Å². The van der Waals surface area contributed by atoms with E-state index >= 15 is 0 Å². The fourth-order valence-corrected chi connectivity index (χ4v) is 2.73. The van der Waals surface area contributed by atoms with Crippen molar-refractivity contribution in [2.24, 2.45) is 0 Å². The average Bonchev–Trinajstić information content (AvgIpc) is 3.22. The molecule has 0 aliphatic rings. The molecule has 29 heavy (non-hydrogen) atoms. The first-order chi connectivity index (χ1) is 14.0. The van der Waals surface area contributed by atoms with Gasteiger partial charge in [-0.2, -0.15) is 0 Å². The number of ether oxygens (including phenoxy) is 2. The number of amides is 2. The summed E-state index contributed by atoms with van der Waals surface area (Å²) in [7, 11) is 2.91. The molecule has 3 aromatic rings. The molecule has 2 amide bonds. The van der Waals surface area contributed by atoms with Crippen molar-refractivity contribution in [2.45, 2.75) is 6.61 Å². The molecule has 0 spiro atoms. The van der Waals surface area contributed by atoms with Crippen molar-refractivity contribution in [1.29, 1.82) is 0 Å². The molecular weight excluding hydrogens is 440 g/mol. The van der Waals surface area contributed by atoms with Gasteiger partial charge in [0.05, 0.1) is 7.11 Å². The minimum absolute atomic E-state index is 0.176. The Balaban J connectivity index is 1.57. The van der Waals surface area contributed by atoms with Crippen LogP contribution in [0.25, 0.3) is 0 Å². The van der Waals surface area contributed by atoms with Crippen molar-refractivity contribution in [3.05, 3.63) is 76.7 Å². The molecule has 0 aliphatic heterocycles. The van der Waals surface area contributed by atoms with Crippen LogP contribution in [-0.4, -0.2) is 26.2 Å². The number of anilines is 2. The van der Waals surface area contributed by atoms with Gasteiger partial charge in [0.1, 0.15) is 18.1 Å². The standard InChI is InChI=1S/C21H19BrN2O5/c1-24(21(26)27-2)16-7-5-15(6-8-16)23-20(25)19-12-11-18(29-19)13-28-17-9-3-14(22)4-10-17/h3-12H,13H2,1-2H3,(H,23,25). The molecule has 0 radical (unpaired) electrons. The molecule has 8 heteroatoms. The largest absolute Gasteiger partial charge is 0.486 e. The molecule has 0 fully saturated rings. The molecule has 1 N–H and O–H groups in total. The van der Waals surface area contributed by atoms with Crippen LogP contribution in [-0.2, 0) is 11.3 Å². The smallest absolute Gasteiger partial charge is 0.413 e. The first-order valence-electron chi connectivity index (χ1n) is 8.66. The topological polar surface area (TPSA) is 81.0 Å². The van der Waals surface area contributed by atoms with Crippen LogP contribution in [0.3, 0.4) is 0 Å². The van der Waals surface area contributed by atoms with E-state index in [2.05, 4.69) is 26.0 Å². The number of nitrogens with one attached hydrogen (secondary N) is 1. The van der Waals surface area contributed by atoms with Gasteiger partial charge in [-0.1, -0.05) is 15.9 Å². The Bertz CT molecular complexity index is 983. The molecule has 2 aromatic carbocycles. The van der Waals surface area contributed by atoms with Gasteiger partial charge in [-0.25, -0.2) is 4.79 Å². The summed E-state index contributed by atoms with van der Waals surface area (Å²) >= 11 is 3.37. The van der Waals surface area contributed by atoms with Crippen LogP contribution in [0.2, 0.25) is 0 Å². The number of hydrogen-bond donors (Lipinski definition) is 1. The lowest BCUT2D eigenvalue weighted by atomic mass is 10.2. The number of carbonyl (C=O) groups excluding carboxylic acids is 2. The maximum Gasteiger partial charge on any atom is 0.413 e. The number of nitrogens with zero attached hydrogens (tertiary/aromatic N) is 1. The normalized spacial score (nSPS) is 10.3. The molecule has 0 saturated carbocycles. The van der Waals surface area contributed by atoms with Crippen molar-refractivity contribution in [3.63, 3.8) is 0 Å². The number of furan rings is 1. The van der Waals surface area contributed by atoms with Crippen LogP contribution in [0.15, 0.2) is 69.6 Å². The molecule has 150 valence electrons. The number of hydrogen-bond acceptors (Lipinski definition) is 5. The fraction of sp³-hybridized carbons (Fsp3) is 0.143. The zero-order valence-corrected chi connectivity index (χ0v) is 17.4. The highest BCUT2D eigenvalue weighted by atomic mass is 79.9. The van der Waals surface area contributed by atoms with Gasteiger partial charge in [0.25, 0.3) is 5.91 Å². The summed E-state index contributed by atoms with van der Waals surface area (Å²) in [5.41, 5.74) is 1.21. The van der Waals surface area contributed by atoms with E-state index in [1.165, 1.54) is 12.0 Å². The molecule has 0 bridgehead atoms. The van der Waals surface area contributed by atoms with E-state index in [1.54, 1.807) is 43.4 Å². The highest BCUT2D eigenvalue weighted by molar-refractivity contribution is 9.10. The van der Waals surface area contributed by atoms with Crippen molar-refractivity contribution < 1.29 is 23.5 Å². The third-order valence-electron chi connectivity index (χ3n) is 4.04. The first-order valence-corrected chi connectivity index (χ1v) is 9.46. The molecule has 0 unspecified atom stereocenters. The Labute approximate surface area is 176 Å². The average molecular weight is 459 g/mol. The minimum Gasteiger partial charge on any atom is -0.486 e. The molecule has 1 aromatic heterocycles. The van der Waals surface area contributed by atoms with E-state index in [-0.39, 0.29) is 18.3 Å². The van der Waals surface area contributed by atoms with Gasteiger partial charge >= 0.3 is 6.09 Å². The summed E-state index contributed by atoms with van der Waals surface area (Å²) in [5, 5.41) is 2.75. The number of carbonyl (C=O) groups is 2. The quantitative estimate of drug-likeness (QED) is 0.557. The van der Waals surface area contributed by atoms with E-state index in [9.17, 15) is 9.59 Å². The molecule has 3 rings (SSSR count). The lowest BCUT2D eigenvalue weighted by molar-refractivity contribution is 0.0992. The van der Waals surface area contributed by atoms with Crippen molar-refractivity contribution in [2.75, 3.05) is 24.4 Å². The second-order valence-corrected chi connectivity index (χ2v) is 6.95. The van der Waals surface area contributed by atoms with Gasteiger partial charge in [-0.3, -0.25) is 9.69 Å². The Kier molecular flexibility index (Phi) is 6.56. The number of benzene rings is 2. The van der Waals surface area contributed by atoms with Gasteiger partial charge in [0.2, 0.25) is 0 Å². The predicted octanol–water partition coefficient (Wildman–Crippen LogP) is 5.08. The van der Waals surface area contributed by atoms with Gasteiger partial charge in [-0.15, -0.1) is 0 Å². The van der Waals surface area contributed by atoms with Gasteiger partial charge < -0.3 is 19.2 Å². The van der Waals surface area contributed by atoms with Crippen molar-refractivity contribution in [1.82, 2.24) is 0 Å². The van der Waals surface area contributed by atoms with Crippen LogP contribution in [0, 0.1) is 0 Å². The monoisotopic (exact) mass is 458 g/mol. The van der Waals surface area contributed by atoms with Crippen LogP contribution in [0.5, 0.6) is 5.75 Å². The predicted molar refractivity (Wildman–Crippen MR) is 112 cm³/mol. The SMILES string of the molecule is COC(=O)N(C)c1ccc(NC(=O)c2ccc(COc3ccc(Br)cc3)o2)cc1. The highest BCUT2D eigenvalue weighted by Gasteiger charge is 2.13. The maximum atomic E-state index is 12.4. The lowest BCUT2D eigenvalue weighted by Gasteiger charge is -2.15. The summed E-state index contributed by atoms with van der Waals surface area (Å²) in [4.78, 5) is 25.3.